The largest absolute Gasteiger partial charge is 0.441 e. The summed E-state index contributed by atoms with van der Waals surface area (Å²) in [5.74, 6) is 0.570. The minimum atomic E-state index is -0.116. The second kappa shape index (κ2) is 7.86. The molecule has 2 aromatic heterocycles. The molecule has 6 heteroatoms. The number of carbonyl (C=O) groups is 1. The van der Waals surface area contributed by atoms with Crippen molar-refractivity contribution in [3.8, 4) is 0 Å². The molecule has 0 radical (unpaired) electrons. The molecule has 136 valence electrons. The maximum absolute atomic E-state index is 12.3. The molecule has 6 nitrogen and oxygen atoms in total. The second-order valence-electron chi connectivity index (χ2n) is 6.39. The summed E-state index contributed by atoms with van der Waals surface area (Å²) in [7, 11) is 0. The van der Waals surface area contributed by atoms with E-state index >= 15 is 0 Å². The van der Waals surface area contributed by atoms with Gasteiger partial charge in [0.2, 0.25) is 0 Å². The fourth-order valence-electron chi connectivity index (χ4n) is 2.96. The van der Waals surface area contributed by atoms with E-state index in [0.717, 1.165) is 24.8 Å². The highest BCUT2D eigenvalue weighted by atomic mass is 16.3. The molecule has 0 unspecified atom stereocenters. The summed E-state index contributed by atoms with van der Waals surface area (Å²) in [5, 5.41) is 9.57. The molecule has 0 saturated carbocycles. The number of amides is 1. The molecule has 2 N–H and O–H groups in total. The van der Waals surface area contributed by atoms with Crippen LogP contribution in [0, 0.1) is 0 Å². The van der Waals surface area contributed by atoms with Gasteiger partial charge in [0.25, 0.3) is 5.91 Å². The van der Waals surface area contributed by atoms with E-state index in [1.807, 2.05) is 24.4 Å². The molecule has 0 aliphatic carbocycles. The van der Waals surface area contributed by atoms with E-state index in [1.165, 1.54) is 5.56 Å². The van der Waals surface area contributed by atoms with Crippen LogP contribution in [0.4, 0.5) is 0 Å². The summed E-state index contributed by atoms with van der Waals surface area (Å²) in [6.45, 7) is 0.553. The van der Waals surface area contributed by atoms with Crippen molar-refractivity contribution in [1.82, 2.24) is 20.5 Å². The second-order valence-corrected chi connectivity index (χ2v) is 6.39. The monoisotopic (exact) mass is 360 g/mol. The van der Waals surface area contributed by atoms with Crippen molar-refractivity contribution < 1.29 is 9.21 Å². The van der Waals surface area contributed by atoms with Gasteiger partial charge in [-0.15, -0.1) is 0 Å². The molecule has 0 bridgehead atoms. The smallest absolute Gasteiger partial charge is 0.251 e. The van der Waals surface area contributed by atoms with Gasteiger partial charge in [0.1, 0.15) is 5.52 Å². The van der Waals surface area contributed by atoms with E-state index in [9.17, 15) is 4.79 Å². The van der Waals surface area contributed by atoms with Gasteiger partial charge >= 0.3 is 0 Å². The van der Waals surface area contributed by atoms with Crippen molar-refractivity contribution in [3.05, 3.63) is 83.5 Å². The van der Waals surface area contributed by atoms with Crippen LogP contribution in [0.1, 0.15) is 27.4 Å². The van der Waals surface area contributed by atoms with Crippen molar-refractivity contribution in [1.29, 1.82) is 0 Å². The van der Waals surface area contributed by atoms with Gasteiger partial charge in [0, 0.05) is 24.7 Å². The van der Waals surface area contributed by atoms with Gasteiger partial charge < -0.3 is 9.73 Å². The molecule has 2 aromatic carbocycles. The lowest BCUT2D eigenvalue weighted by molar-refractivity contribution is 0.0954. The van der Waals surface area contributed by atoms with E-state index in [4.69, 9.17) is 4.42 Å². The lowest BCUT2D eigenvalue weighted by atomic mass is 10.1. The number of nitrogens with one attached hydrogen (secondary N) is 2. The number of benzene rings is 2. The van der Waals surface area contributed by atoms with Crippen molar-refractivity contribution >= 4 is 17.0 Å². The van der Waals surface area contributed by atoms with Crippen LogP contribution >= 0.6 is 0 Å². The average Bonchev–Trinajstić information content (AvgIpc) is 3.36. The van der Waals surface area contributed by atoms with Crippen LogP contribution in [-0.2, 0) is 19.3 Å². The summed E-state index contributed by atoms with van der Waals surface area (Å²) < 4.78 is 5.80. The molecule has 27 heavy (non-hydrogen) atoms. The Morgan fingerprint density at radius 3 is 2.74 bits per heavy atom. The first-order valence-corrected chi connectivity index (χ1v) is 8.97. The Morgan fingerprint density at radius 2 is 1.93 bits per heavy atom. The minimum Gasteiger partial charge on any atom is -0.441 e. The average molecular weight is 360 g/mol. The molecule has 2 heterocycles. The SMILES string of the molecule is O=C(NCCc1cn[nH]c1)c1ccc2oc(CCc3ccccc3)nc2c1. The summed E-state index contributed by atoms with van der Waals surface area (Å²) in [4.78, 5) is 16.9. The molecule has 0 atom stereocenters. The predicted molar refractivity (Wildman–Crippen MR) is 102 cm³/mol. The first-order chi connectivity index (χ1) is 13.3. The van der Waals surface area contributed by atoms with Gasteiger partial charge in [-0.1, -0.05) is 30.3 Å². The van der Waals surface area contributed by atoms with Crippen molar-refractivity contribution in [2.75, 3.05) is 6.54 Å². The number of aromatic amines is 1. The highest BCUT2D eigenvalue weighted by Crippen LogP contribution is 2.18. The lowest BCUT2D eigenvalue weighted by Gasteiger charge is -2.03. The summed E-state index contributed by atoms with van der Waals surface area (Å²) >= 11 is 0. The van der Waals surface area contributed by atoms with Crippen molar-refractivity contribution in [2.24, 2.45) is 0 Å². The Labute approximate surface area is 156 Å². The van der Waals surface area contributed by atoms with Gasteiger partial charge in [-0.25, -0.2) is 4.98 Å². The summed E-state index contributed by atoms with van der Waals surface area (Å²) in [6, 6.07) is 15.6. The van der Waals surface area contributed by atoms with E-state index in [1.54, 1.807) is 24.4 Å². The molecular weight excluding hydrogens is 340 g/mol. The van der Waals surface area contributed by atoms with Crippen LogP contribution in [-0.4, -0.2) is 27.6 Å². The third-order valence-electron chi connectivity index (χ3n) is 4.42. The number of fused-ring (bicyclic) bond motifs is 1. The number of aromatic nitrogens is 3. The Bertz CT molecular complexity index is 1020. The standard InChI is InChI=1S/C21H20N4O2/c26-21(22-11-10-16-13-23-24-14-16)17-7-8-19-18(12-17)25-20(27-19)9-6-15-4-2-1-3-5-15/h1-5,7-8,12-14H,6,9-11H2,(H,22,26)(H,23,24). The number of aryl methyl sites for hydroxylation is 2. The predicted octanol–water partition coefficient (Wildman–Crippen LogP) is 3.31. The van der Waals surface area contributed by atoms with Crippen LogP contribution in [0.5, 0.6) is 0 Å². The van der Waals surface area contributed by atoms with Gasteiger partial charge in [0.05, 0.1) is 6.20 Å². The first-order valence-electron chi connectivity index (χ1n) is 8.97. The van der Waals surface area contributed by atoms with Gasteiger partial charge in [-0.05, 0) is 42.2 Å². The normalized spacial score (nSPS) is 11.0. The van der Waals surface area contributed by atoms with Crippen LogP contribution in [0.15, 0.2) is 65.3 Å². The highest BCUT2D eigenvalue weighted by molar-refractivity contribution is 5.97. The van der Waals surface area contributed by atoms with Crippen LogP contribution in [0.3, 0.4) is 0 Å². The highest BCUT2D eigenvalue weighted by Gasteiger charge is 2.11. The molecule has 0 fully saturated rings. The number of H-pyrrole nitrogens is 1. The number of hydrogen-bond donors (Lipinski definition) is 2. The molecule has 4 rings (SSSR count). The first kappa shape index (κ1) is 17.0. The van der Waals surface area contributed by atoms with E-state index < -0.39 is 0 Å². The Morgan fingerprint density at radius 1 is 1.04 bits per heavy atom. The lowest BCUT2D eigenvalue weighted by Crippen LogP contribution is -2.25. The zero-order chi connectivity index (χ0) is 18.5. The zero-order valence-corrected chi connectivity index (χ0v) is 14.8. The van der Waals surface area contributed by atoms with Crippen molar-refractivity contribution in [3.63, 3.8) is 0 Å². The molecule has 0 spiro atoms. The summed E-state index contributed by atoms with van der Waals surface area (Å²) in [6.07, 6.45) is 5.91. The van der Waals surface area contributed by atoms with E-state index in [0.29, 0.717) is 29.1 Å². The zero-order valence-electron chi connectivity index (χ0n) is 14.8. The van der Waals surface area contributed by atoms with Crippen molar-refractivity contribution in [2.45, 2.75) is 19.3 Å². The number of hydrogen-bond acceptors (Lipinski definition) is 4. The van der Waals surface area contributed by atoms with Crippen LogP contribution < -0.4 is 5.32 Å². The van der Waals surface area contributed by atoms with E-state index in [-0.39, 0.29) is 5.91 Å². The summed E-state index contributed by atoms with van der Waals surface area (Å²) in [5.41, 5.74) is 4.30. The topological polar surface area (TPSA) is 83.8 Å². The van der Waals surface area contributed by atoms with Gasteiger partial charge in [-0.3, -0.25) is 9.89 Å². The maximum atomic E-state index is 12.3. The Kier molecular flexibility index (Phi) is 4.96. The number of nitrogens with zero attached hydrogens (tertiary/aromatic N) is 2. The fraction of sp³-hybridized carbons (Fsp3) is 0.190. The maximum Gasteiger partial charge on any atom is 0.251 e. The third-order valence-corrected chi connectivity index (χ3v) is 4.42. The van der Waals surface area contributed by atoms with Gasteiger partial charge in [-0.2, -0.15) is 5.10 Å². The molecule has 0 saturated heterocycles. The molecule has 4 aromatic rings. The number of rotatable bonds is 7. The number of oxazole rings is 1. The Hall–Kier alpha value is -3.41. The van der Waals surface area contributed by atoms with E-state index in [2.05, 4.69) is 32.6 Å². The molecule has 1 amide bonds. The Balaban J connectivity index is 1.38. The quantitative estimate of drug-likeness (QED) is 0.530. The molecule has 0 aliphatic heterocycles. The fourth-order valence-corrected chi connectivity index (χ4v) is 2.96. The van der Waals surface area contributed by atoms with Crippen LogP contribution in [0.2, 0.25) is 0 Å². The van der Waals surface area contributed by atoms with Crippen LogP contribution in [0.25, 0.3) is 11.1 Å². The molecular formula is C21H20N4O2. The molecule has 0 aliphatic rings. The third kappa shape index (κ3) is 4.23. The van der Waals surface area contributed by atoms with Gasteiger partial charge in [0.15, 0.2) is 11.5 Å². The minimum absolute atomic E-state index is 0.116. The number of carbonyl (C=O) groups excluding carboxylic acids is 1.